The van der Waals surface area contributed by atoms with Gasteiger partial charge in [-0.05, 0) is 35.2 Å². The Morgan fingerprint density at radius 3 is 2.33 bits per heavy atom. The minimum atomic E-state index is -1.05. The summed E-state index contributed by atoms with van der Waals surface area (Å²) >= 11 is 0. The molecule has 0 radical (unpaired) electrons. The van der Waals surface area contributed by atoms with Gasteiger partial charge >= 0.3 is 5.97 Å². The molecule has 2 aromatic rings. The lowest BCUT2D eigenvalue weighted by Crippen LogP contribution is -2.14. The van der Waals surface area contributed by atoms with Gasteiger partial charge in [0.2, 0.25) is 0 Å². The van der Waals surface area contributed by atoms with Crippen LogP contribution in [0.4, 0.5) is 5.69 Å². The Kier molecular flexibility index (Phi) is 5.24. The molecule has 5 heteroatoms. The standard InChI is InChI=1S/C19H21NO4/c1-19(2,3)14-9-7-13(8-10-14)18(23)20-15-5-4-6-16(11-15)24-12-17(21)22/h4-11H,12H2,1-3H3,(H,20,23)(H,21,22). The number of anilines is 1. The predicted molar refractivity (Wildman–Crippen MR) is 92.7 cm³/mol. The van der Waals surface area contributed by atoms with Crippen molar-refractivity contribution < 1.29 is 19.4 Å². The number of rotatable bonds is 5. The number of nitrogens with one attached hydrogen (secondary N) is 1. The van der Waals surface area contributed by atoms with Crippen molar-refractivity contribution in [3.63, 3.8) is 0 Å². The van der Waals surface area contributed by atoms with Gasteiger partial charge in [-0.2, -0.15) is 0 Å². The molecule has 0 aromatic heterocycles. The Morgan fingerprint density at radius 2 is 1.75 bits per heavy atom. The molecule has 24 heavy (non-hydrogen) atoms. The lowest BCUT2D eigenvalue weighted by molar-refractivity contribution is -0.139. The molecule has 0 fully saturated rings. The largest absolute Gasteiger partial charge is 0.482 e. The minimum Gasteiger partial charge on any atom is -0.482 e. The topological polar surface area (TPSA) is 75.6 Å². The highest BCUT2D eigenvalue weighted by molar-refractivity contribution is 6.04. The summed E-state index contributed by atoms with van der Waals surface area (Å²) in [6.07, 6.45) is 0. The van der Waals surface area contributed by atoms with Crippen molar-refractivity contribution in [1.82, 2.24) is 0 Å². The highest BCUT2D eigenvalue weighted by Crippen LogP contribution is 2.23. The first-order valence-corrected chi connectivity index (χ1v) is 7.62. The number of carbonyl (C=O) groups is 2. The molecule has 0 heterocycles. The number of amides is 1. The van der Waals surface area contributed by atoms with E-state index in [0.29, 0.717) is 17.0 Å². The molecule has 5 nitrogen and oxygen atoms in total. The summed E-state index contributed by atoms with van der Waals surface area (Å²) in [5, 5.41) is 11.4. The van der Waals surface area contributed by atoms with Gasteiger partial charge in [-0.3, -0.25) is 4.79 Å². The fraction of sp³-hybridized carbons (Fsp3) is 0.263. The SMILES string of the molecule is CC(C)(C)c1ccc(C(=O)Nc2cccc(OCC(=O)O)c2)cc1. The van der Waals surface area contributed by atoms with Gasteiger partial charge in [-0.15, -0.1) is 0 Å². The number of carboxylic acids is 1. The summed E-state index contributed by atoms with van der Waals surface area (Å²) in [5.41, 5.74) is 2.29. The molecule has 2 aromatic carbocycles. The van der Waals surface area contributed by atoms with Gasteiger partial charge in [0.25, 0.3) is 5.91 Å². The fourth-order valence-electron chi connectivity index (χ4n) is 2.13. The molecule has 0 saturated heterocycles. The molecular weight excluding hydrogens is 306 g/mol. The van der Waals surface area contributed by atoms with Crippen molar-refractivity contribution in [1.29, 1.82) is 0 Å². The van der Waals surface area contributed by atoms with Crippen LogP contribution < -0.4 is 10.1 Å². The van der Waals surface area contributed by atoms with Crippen LogP contribution in [0.3, 0.4) is 0 Å². The number of ether oxygens (including phenoxy) is 1. The molecule has 1 amide bonds. The smallest absolute Gasteiger partial charge is 0.341 e. The molecule has 0 aliphatic carbocycles. The molecule has 0 spiro atoms. The van der Waals surface area contributed by atoms with E-state index in [0.717, 1.165) is 5.56 Å². The molecule has 0 bridgehead atoms. The van der Waals surface area contributed by atoms with E-state index in [1.165, 1.54) is 0 Å². The van der Waals surface area contributed by atoms with Crippen LogP contribution in [0.25, 0.3) is 0 Å². The Balaban J connectivity index is 2.06. The lowest BCUT2D eigenvalue weighted by Gasteiger charge is -2.19. The van der Waals surface area contributed by atoms with Gasteiger partial charge in [0.15, 0.2) is 6.61 Å². The van der Waals surface area contributed by atoms with Crippen molar-refractivity contribution in [3.05, 3.63) is 59.7 Å². The van der Waals surface area contributed by atoms with E-state index in [4.69, 9.17) is 9.84 Å². The number of aliphatic carboxylic acids is 1. The summed E-state index contributed by atoms with van der Waals surface area (Å²) in [5.74, 6) is -0.896. The van der Waals surface area contributed by atoms with Crippen molar-refractivity contribution in [3.8, 4) is 5.75 Å². The van der Waals surface area contributed by atoms with Crippen LogP contribution in [-0.2, 0) is 10.2 Å². The first-order chi connectivity index (χ1) is 11.3. The Bertz CT molecular complexity index is 730. The maximum absolute atomic E-state index is 12.3. The van der Waals surface area contributed by atoms with E-state index in [9.17, 15) is 9.59 Å². The van der Waals surface area contributed by atoms with Gasteiger partial charge in [0, 0.05) is 17.3 Å². The van der Waals surface area contributed by atoms with Crippen LogP contribution in [0.15, 0.2) is 48.5 Å². The fourth-order valence-corrected chi connectivity index (χ4v) is 2.13. The average molecular weight is 327 g/mol. The first kappa shape index (κ1) is 17.5. The number of benzene rings is 2. The predicted octanol–water partition coefficient (Wildman–Crippen LogP) is 3.70. The van der Waals surface area contributed by atoms with Gasteiger partial charge in [-0.25, -0.2) is 4.79 Å². The second kappa shape index (κ2) is 7.17. The molecule has 126 valence electrons. The molecule has 2 N–H and O–H groups in total. The van der Waals surface area contributed by atoms with E-state index in [-0.39, 0.29) is 11.3 Å². The summed E-state index contributed by atoms with van der Waals surface area (Å²) in [7, 11) is 0. The van der Waals surface area contributed by atoms with Crippen LogP contribution in [0.2, 0.25) is 0 Å². The zero-order chi connectivity index (χ0) is 17.7. The van der Waals surface area contributed by atoms with Gasteiger partial charge in [0.1, 0.15) is 5.75 Å². The Labute approximate surface area is 141 Å². The maximum Gasteiger partial charge on any atom is 0.341 e. The lowest BCUT2D eigenvalue weighted by atomic mass is 9.87. The third kappa shape index (κ3) is 4.84. The van der Waals surface area contributed by atoms with Crippen LogP contribution in [0, 0.1) is 0 Å². The summed E-state index contributed by atoms with van der Waals surface area (Å²) < 4.78 is 5.10. The second-order valence-electron chi connectivity index (χ2n) is 6.49. The third-order valence-electron chi connectivity index (χ3n) is 3.47. The molecule has 0 aliphatic heterocycles. The highest BCUT2D eigenvalue weighted by atomic mass is 16.5. The molecule has 0 saturated carbocycles. The summed E-state index contributed by atoms with van der Waals surface area (Å²) in [6.45, 7) is 5.92. The van der Waals surface area contributed by atoms with Crippen LogP contribution >= 0.6 is 0 Å². The Hall–Kier alpha value is -2.82. The van der Waals surface area contributed by atoms with Crippen LogP contribution in [0.5, 0.6) is 5.75 Å². The van der Waals surface area contributed by atoms with Crippen molar-refractivity contribution >= 4 is 17.6 Å². The highest BCUT2D eigenvalue weighted by Gasteiger charge is 2.14. The molecule has 2 rings (SSSR count). The van der Waals surface area contributed by atoms with Crippen molar-refractivity contribution in [2.45, 2.75) is 26.2 Å². The number of hydrogen-bond donors (Lipinski definition) is 2. The minimum absolute atomic E-state index is 0.0326. The summed E-state index contributed by atoms with van der Waals surface area (Å²) in [6, 6.07) is 14.1. The average Bonchev–Trinajstić information content (AvgIpc) is 2.52. The zero-order valence-corrected chi connectivity index (χ0v) is 14.0. The van der Waals surface area contributed by atoms with E-state index in [1.807, 2.05) is 12.1 Å². The second-order valence-corrected chi connectivity index (χ2v) is 6.49. The van der Waals surface area contributed by atoms with E-state index in [1.54, 1.807) is 36.4 Å². The normalized spacial score (nSPS) is 11.0. The van der Waals surface area contributed by atoms with Crippen molar-refractivity contribution in [2.75, 3.05) is 11.9 Å². The molecular formula is C19H21NO4. The first-order valence-electron chi connectivity index (χ1n) is 7.62. The quantitative estimate of drug-likeness (QED) is 0.878. The van der Waals surface area contributed by atoms with Gasteiger partial charge < -0.3 is 15.2 Å². The summed E-state index contributed by atoms with van der Waals surface area (Å²) in [4.78, 5) is 22.8. The zero-order valence-electron chi connectivity index (χ0n) is 14.0. The van der Waals surface area contributed by atoms with Crippen LogP contribution in [0.1, 0.15) is 36.7 Å². The molecule has 0 atom stereocenters. The monoisotopic (exact) mass is 327 g/mol. The van der Waals surface area contributed by atoms with Gasteiger partial charge in [-0.1, -0.05) is 39.0 Å². The number of carbonyl (C=O) groups excluding carboxylic acids is 1. The van der Waals surface area contributed by atoms with Gasteiger partial charge in [0.05, 0.1) is 0 Å². The Morgan fingerprint density at radius 1 is 1.08 bits per heavy atom. The van der Waals surface area contributed by atoms with E-state index < -0.39 is 12.6 Å². The molecule has 0 aliphatic rings. The maximum atomic E-state index is 12.3. The third-order valence-corrected chi connectivity index (χ3v) is 3.47. The molecule has 0 unspecified atom stereocenters. The van der Waals surface area contributed by atoms with Crippen molar-refractivity contribution in [2.24, 2.45) is 0 Å². The number of hydrogen-bond acceptors (Lipinski definition) is 3. The van der Waals surface area contributed by atoms with E-state index in [2.05, 4.69) is 26.1 Å². The number of carboxylic acid groups (broad SMARTS) is 1. The van der Waals surface area contributed by atoms with Crippen LogP contribution in [-0.4, -0.2) is 23.6 Å². The van der Waals surface area contributed by atoms with E-state index >= 15 is 0 Å².